The lowest BCUT2D eigenvalue weighted by atomic mass is 10.1. The Kier molecular flexibility index (Phi) is 4.62. The van der Waals surface area contributed by atoms with Gasteiger partial charge in [-0.3, -0.25) is 4.79 Å². The smallest absolute Gasteiger partial charge is 0.303 e. The number of ether oxygens (including phenoxy) is 3. The molecule has 0 radical (unpaired) electrons. The lowest BCUT2D eigenvalue weighted by Crippen LogP contribution is -2.30. The molecule has 0 aromatic heterocycles. The van der Waals surface area contributed by atoms with Gasteiger partial charge >= 0.3 is 5.97 Å². The first-order chi connectivity index (χ1) is 9.52. The second kappa shape index (κ2) is 6.24. The van der Waals surface area contributed by atoms with Gasteiger partial charge in [0.1, 0.15) is 5.75 Å². The average molecular weight is 280 g/mol. The Morgan fingerprint density at radius 3 is 2.95 bits per heavy atom. The van der Waals surface area contributed by atoms with E-state index in [0.717, 1.165) is 11.3 Å². The quantitative estimate of drug-likeness (QED) is 0.865. The Morgan fingerprint density at radius 1 is 1.50 bits per heavy atom. The van der Waals surface area contributed by atoms with Crippen molar-refractivity contribution in [3.8, 4) is 5.75 Å². The van der Waals surface area contributed by atoms with Gasteiger partial charge in [-0.2, -0.15) is 0 Å². The number of carboxylic acids is 1. The standard InChI is InChI=1S/C15H20O5/c1-15(9-11-5-3-4-6-13(11)18-2)19-10-12(20-15)7-8-14(16)17/h3-6,12H,7-10H2,1-2H3,(H,16,17). The SMILES string of the molecule is COc1ccccc1CC1(C)OCC(CCC(=O)O)O1. The second-order valence-electron chi connectivity index (χ2n) is 5.11. The minimum absolute atomic E-state index is 0.0960. The van der Waals surface area contributed by atoms with Gasteiger partial charge in [0.25, 0.3) is 0 Å². The van der Waals surface area contributed by atoms with Crippen molar-refractivity contribution in [2.75, 3.05) is 13.7 Å². The second-order valence-corrected chi connectivity index (χ2v) is 5.11. The molecular weight excluding hydrogens is 260 g/mol. The highest BCUT2D eigenvalue weighted by molar-refractivity contribution is 5.66. The highest BCUT2D eigenvalue weighted by Gasteiger charge is 2.37. The van der Waals surface area contributed by atoms with Crippen LogP contribution < -0.4 is 4.74 Å². The Balaban J connectivity index is 1.97. The normalized spacial score (nSPS) is 25.6. The summed E-state index contributed by atoms with van der Waals surface area (Å²) in [6.45, 7) is 2.30. The average Bonchev–Trinajstić information content (AvgIpc) is 2.78. The van der Waals surface area contributed by atoms with Crippen molar-refractivity contribution < 1.29 is 24.1 Å². The van der Waals surface area contributed by atoms with Crippen molar-refractivity contribution in [2.24, 2.45) is 0 Å². The maximum absolute atomic E-state index is 10.6. The van der Waals surface area contributed by atoms with Crippen molar-refractivity contribution in [2.45, 2.75) is 38.1 Å². The molecule has 0 spiro atoms. The van der Waals surface area contributed by atoms with Crippen LogP contribution in [-0.4, -0.2) is 36.7 Å². The van der Waals surface area contributed by atoms with E-state index in [1.165, 1.54) is 0 Å². The highest BCUT2D eigenvalue weighted by Crippen LogP contribution is 2.32. The molecule has 110 valence electrons. The number of carboxylic acid groups (broad SMARTS) is 1. The topological polar surface area (TPSA) is 65.0 Å². The Bertz CT molecular complexity index is 473. The number of hydrogen-bond acceptors (Lipinski definition) is 4. The van der Waals surface area contributed by atoms with Crippen LogP contribution in [0.15, 0.2) is 24.3 Å². The third-order valence-corrected chi connectivity index (χ3v) is 3.37. The summed E-state index contributed by atoms with van der Waals surface area (Å²) in [5, 5.41) is 8.69. The maximum atomic E-state index is 10.6. The summed E-state index contributed by atoms with van der Waals surface area (Å²) in [6, 6.07) is 7.73. The zero-order valence-corrected chi connectivity index (χ0v) is 11.8. The van der Waals surface area contributed by atoms with E-state index in [1.54, 1.807) is 7.11 Å². The Hall–Kier alpha value is -1.59. The molecule has 0 saturated carbocycles. The lowest BCUT2D eigenvalue weighted by Gasteiger charge is -2.24. The summed E-state index contributed by atoms with van der Waals surface area (Å²) >= 11 is 0. The number of benzene rings is 1. The molecule has 2 unspecified atom stereocenters. The molecule has 1 N–H and O–H groups in total. The summed E-state index contributed by atoms with van der Waals surface area (Å²) in [6.07, 6.45) is 0.974. The number of rotatable bonds is 6. The van der Waals surface area contributed by atoms with Crippen LogP contribution in [0.3, 0.4) is 0 Å². The van der Waals surface area contributed by atoms with Crippen LogP contribution in [0.4, 0.5) is 0 Å². The molecule has 1 saturated heterocycles. The summed E-state index contributed by atoms with van der Waals surface area (Å²) < 4.78 is 16.9. The van der Waals surface area contributed by atoms with Gasteiger partial charge in [0.15, 0.2) is 5.79 Å². The first kappa shape index (κ1) is 14.8. The molecule has 1 aliphatic rings. The van der Waals surface area contributed by atoms with Gasteiger partial charge in [0.05, 0.1) is 19.8 Å². The molecule has 0 bridgehead atoms. The van der Waals surface area contributed by atoms with Crippen LogP contribution in [0, 0.1) is 0 Å². The molecule has 5 nitrogen and oxygen atoms in total. The first-order valence-corrected chi connectivity index (χ1v) is 6.68. The van der Waals surface area contributed by atoms with Gasteiger partial charge in [-0.15, -0.1) is 0 Å². The van der Waals surface area contributed by atoms with Crippen LogP contribution in [0.2, 0.25) is 0 Å². The van der Waals surface area contributed by atoms with Crippen molar-refractivity contribution in [3.05, 3.63) is 29.8 Å². The Labute approximate surface area is 118 Å². The number of aliphatic carboxylic acids is 1. The third kappa shape index (κ3) is 3.71. The van der Waals surface area contributed by atoms with Crippen molar-refractivity contribution in [1.29, 1.82) is 0 Å². The fraction of sp³-hybridized carbons (Fsp3) is 0.533. The van der Waals surface area contributed by atoms with E-state index in [0.29, 0.717) is 19.4 Å². The molecule has 2 atom stereocenters. The van der Waals surface area contributed by atoms with Crippen LogP contribution in [0.5, 0.6) is 5.75 Å². The molecule has 1 aliphatic heterocycles. The number of carbonyl (C=O) groups is 1. The van der Waals surface area contributed by atoms with E-state index >= 15 is 0 Å². The largest absolute Gasteiger partial charge is 0.496 e. The summed E-state index contributed by atoms with van der Waals surface area (Å²) in [4.78, 5) is 10.6. The molecule has 5 heteroatoms. The van der Waals surface area contributed by atoms with Crippen LogP contribution in [0.1, 0.15) is 25.3 Å². The van der Waals surface area contributed by atoms with Crippen LogP contribution in [-0.2, 0) is 20.7 Å². The van der Waals surface area contributed by atoms with E-state index in [4.69, 9.17) is 19.3 Å². The minimum atomic E-state index is -0.813. The molecule has 1 fully saturated rings. The third-order valence-electron chi connectivity index (χ3n) is 3.37. The first-order valence-electron chi connectivity index (χ1n) is 6.68. The van der Waals surface area contributed by atoms with Crippen molar-refractivity contribution in [1.82, 2.24) is 0 Å². The fourth-order valence-electron chi connectivity index (χ4n) is 2.40. The predicted octanol–water partition coefficient (Wildman–Crippen LogP) is 2.23. The zero-order valence-electron chi connectivity index (χ0n) is 11.8. The van der Waals surface area contributed by atoms with Crippen LogP contribution in [0.25, 0.3) is 0 Å². The van der Waals surface area contributed by atoms with E-state index < -0.39 is 11.8 Å². The Morgan fingerprint density at radius 2 is 2.25 bits per heavy atom. The van der Waals surface area contributed by atoms with Gasteiger partial charge in [-0.1, -0.05) is 18.2 Å². The molecule has 1 aromatic rings. The number of para-hydroxylation sites is 1. The van der Waals surface area contributed by atoms with E-state index in [2.05, 4.69) is 0 Å². The van der Waals surface area contributed by atoms with Crippen LogP contribution >= 0.6 is 0 Å². The number of hydrogen-bond donors (Lipinski definition) is 1. The van der Waals surface area contributed by atoms with Gasteiger partial charge in [-0.05, 0) is 25.0 Å². The lowest BCUT2D eigenvalue weighted by molar-refractivity contribution is -0.155. The van der Waals surface area contributed by atoms with E-state index in [-0.39, 0.29) is 12.5 Å². The minimum Gasteiger partial charge on any atom is -0.496 e. The maximum Gasteiger partial charge on any atom is 0.303 e. The zero-order chi connectivity index (χ0) is 14.6. The number of methoxy groups -OCH3 is 1. The predicted molar refractivity (Wildman–Crippen MR) is 72.8 cm³/mol. The molecule has 2 rings (SSSR count). The molecule has 1 aromatic carbocycles. The van der Waals surface area contributed by atoms with Gasteiger partial charge < -0.3 is 19.3 Å². The van der Waals surface area contributed by atoms with E-state index in [1.807, 2.05) is 31.2 Å². The van der Waals surface area contributed by atoms with E-state index in [9.17, 15) is 4.79 Å². The molecule has 20 heavy (non-hydrogen) atoms. The van der Waals surface area contributed by atoms with Gasteiger partial charge in [0, 0.05) is 12.8 Å². The molecule has 0 amide bonds. The summed E-state index contributed by atoms with van der Waals surface area (Å²) in [7, 11) is 1.63. The van der Waals surface area contributed by atoms with Gasteiger partial charge in [-0.25, -0.2) is 0 Å². The molecular formula is C15H20O5. The van der Waals surface area contributed by atoms with Crippen molar-refractivity contribution in [3.63, 3.8) is 0 Å². The molecule has 1 heterocycles. The fourth-order valence-corrected chi connectivity index (χ4v) is 2.40. The summed E-state index contributed by atoms with van der Waals surface area (Å²) in [5.41, 5.74) is 1.01. The highest BCUT2D eigenvalue weighted by atomic mass is 16.7. The van der Waals surface area contributed by atoms with Crippen molar-refractivity contribution >= 4 is 5.97 Å². The summed E-state index contributed by atoms with van der Waals surface area (Å²) in [5.74, 6) is -0.737. The molecule has 0 aliphatic carbocycles. The van der Waals surface area contributed by atoms with Gasteiger partial charge in [0.2, 0.25) is 0 Å². The monoisotopic (exact) mass is 280 g/mol.